The highest BCUT2D eigenvalue weighted by molar-refractivity contribution is 6.42. The summed E-state index contributed by atoms with van der Waals surface area (Å²) in [6, 6.07) is 7.54. The minimum atomic E-state index is -0.910. The number of hydrogen-bond acceptors (Lipinski definition) is 2. The third-order valence-corrected chi connectivity index (χ3v) is 4.39. The first-order valence-corrected chi connectivity index (χ1v) is 6.72. The highest BCUT2D eigenvalue weighted by Gasteiger charge is 2.40. The third-order valence-electron chi connectivity index (χ3n) is 3.53. The van der Waals surface area contributed by atoms with Gasteiger partial charge in [-0.2, -0.15) is 5.26 Å². The number of carbonyl (C=O) groups is 1. The molecule has 1 aliphatic rings. The van der Waals surface area contributed by atoms with E-state index < -0.39 is 5.41 Å². The minimum Gasteiger partial charge on any atom is -0.298 e. The van der Waals surface area contributed by atoms with Crippen molar-refractivity contribution in [1.29, 1.82) is 5.26 Å². The molecule has 0 N–H and O–H groups in total. The topological polar surface area (TPSA) is 40.9 Å². The van der Waals surface area contributed by atoms with Gasteiger partial charge in [0.2, 0.25) is 0 Å². The Labute approximate surface area is 117 Å². The van der Waals surface area contributed by atoms with Crippen LogP contribution in [-0.4, -0.2) is 5.78 Å². The fourth-order valence-corrected chi connectivity index (χ4v) is 2.83. The zero-order valence-electron chi connectivity index (χ0n) is 9.88. The Bertz CT molecular complexity index is 521. The van der Waals surface area contributed by atoms with Gasteiger partial charge in [0.15, 0.2) is 5.78 Å². The van der Waals surface area contributed by atoms with Crippen LogP contribution in [0.15, 0.2) is 18.2 Å². The molecule has 1 fully saturated rings. The molecule has 1 aromatic rings. The summed E-state index contributed by atoms with van der Waals surface area (Å²) in [6.45, 7) is 0. The second-order valence-electron chi connectivity index (χ2n) is 4.71. The van der Waals surface area contributed by atoms with Crippen molar-refractivity contribution in [2.24, 2.45) is 5.41 Å². The van der Waals surface area contributed by atoms with E-state index in [1.54, 1.807) is 12.1 Å². The Morgan fingerprint density at radius 3 is 2.78 bits per heavy atom. The lowest BCUT2D eigenvalue weighted by Crippen LogP contribution is -2.35. The Morgan fingerprint density at radius 2 is 2.11 bits per heavy atom. The van der Waals surface area contributed by atoms with E-state index in [2.05, 4.69) is 6.07 Å². The third kappa shape index (κ3) is 2.39. The summed E-state index contributed by atoms with van der Waals surface area (Å²) in [6.07, 6.45) is 3.27. The average molecular weight is 282 g/mol. The summed E-state index contributed by atoms with van der Waals surface area (Å²) in [5.41, 5.74) is -0.131. The van der Waals surface area contributed by atoms with Crippen LogP contribution < -0.4 is 0 Å². The van der Waals surface area contributed by atoms with Crippen LogP contribution in [0.5, 0.6) is 0 Å². The van der Waals surface area contributed by atoms with Gasteiger partial charge in [0, 0.05) is 6.42 Å². The molecule has 0 aliphatic heterocycles. The Kier molecular flexibility index (Phi) is 3.94. The van der Waals surface area contributed by atoms with Gasteiger partial charge in [0.25, 0.3) is 0 Å². The van der Waals surface area contributed by atoms with Crippen molar-refractivity contribution in [3.63, 3.8) is 0 Å². The van der Waals surface area contributed by atoms with Crippen molar-refractivity contribution in [1.82, 2.24) is 0 Å². The fourth-order valence-electron chi connectivity index (χ4n) is 2.45. The molecule has 1 unspecified atom stereocenters. The molecular weight excluding hydrogens is 269 g/mol. The quantitative estimate of drug-likeness (QED) is 0.816. The van der Waals surface area contributed by atoms with E-state index >= 15 is 0 Å². The maximum absolute atomic E-state index is 12.0. The van der Waals surface area contributed by atoms with E-state index in [1.165, 1.54) is 0 Å². The van der Waals surface area contributed by atoms with E-state index in [-0.39, 0.29) is 5.78 Å². The zero-order valence-corrected chi connectivity index (χ0v) is 11.4. The van der Waals surface area contributed by atoms with Crippen LogP contribution in [-0.2, 0) is 11.2 Å². The summed E-state index contributed by atoms with van der Waals surface area (Å²) in [5, 5.41) is 10.3. The molecule has 1 aliphatic carbocycles. The summed E-state index contributed by atoms with van der Waals surface area (Å²) < 4.78 is 0. The first kappa shape index (κ1) is 13.4. The van der Waals surface area contributed by atoms with Gasteiger partial charge in [0.05, 0.1) is 16.1 Å². The van der Waals surface area contributed by atoms with Gasteiger partial charge < -0.3 is 0 Å². The van der Waals surface area contributed by atoms with Crippen LogP contribution in [0.2, 0.25) is 10.0 Å². The summed E-state index contributed by atoms with van der Waals surface area (Å²) >= 11 is 12.1. The molecule has 0 heterocycles. The van der Waals surface area contributed by atoms with Crippen molar-refractivity contribution < 1.29 is 4.79 Å². The zero-order chi connectivity index (χ0) is 13.2. The Hall–Kier alpha value is -1.04. The number of halogens is 2. The van der Waals surface area contributed by atoms with Crippen molar-refractivity contribution in [3.05, 3.63) is 33.8 Å². The maximum Gasteiger partial charge on any atom is 0.153 e. The number of nitrogens with zero attached hydrogens (tertiary/aromatic N) is 1. The molecule has 18 heavy (non-hydrogen) atoms. The van der Waals surface area contributed by atoms with Crippen LogP contribution in [0, 0.1) is 16.7 Å². The molecular formula is C14H13Cl2NO. The van der Waals surface area contributed by atoms with E-state index in [1.807, 2.05) is 6.07 Å². The molecule has 1 aromatic carbocycles. The highest BCUT2D eigenvalue weighted by Crippen LogP contribution is 2.38. The van der Waals surface area contributed by atoms with Crippen molar-refractivity contribution in [2.75, 3.05) is 0 Å². The number of rotatable bonds is 2. The largest absolute Gasteiger partial charge is 0.298 e. The van der Waals surface area contributed by atoms with E-state index in [4.69, 9.17) is 23.2 Å². The second-order valence-corrected chi connectivity index (χ2v) is 5.50. The van der Waals surface area contributed by atoms with Crippen LogP contribution in [0.3, 0.4) is 0 Å². The molecule has 1 atom stereocenters. The van der Waals surface area contributed by atoms with E-state index in [0.29, 0.717) is 29.3 Å². The summed E-state index contributed by atoms with van der Waals surface area (Å²) in [7, 11) is 0. The van der Waals surface area contributed by atoms with Gasteiger partial charge in [-0.15, -0.1) is 0 Å². The number of benzene rings is 1. The Balaban J connectivity index is 2.34. The molecule has 2 nitrogen and oxygen atoms in total. The van der Waals surface area contributed by atoms with Crippen LogP contribution >= 0.6 is 23.2 Å². The van der Waals surface area contributed by atoms with Crippen molar-refractivity contribution >= 4 is 29.0 Å². The lowest BCUT2D eigenvalue weighted by molar-refractivity contribution is -0.128. The highest BCUT2D eigenvalue weighted by atomic mass is 35.5. The predicted octanol–water partition coefficient (Wildman–Crippen LogP) is 4.19. The molecule has 0 radical (unpaired) electrons. The van der Waals surface area contributed by atoms with Gasteiger partial charge in [-0.3, -0.25) is 4.79 Å². The van der Waals surface area contributed by atoms with Gasteiger partial charge in [-0.25, -0.2) is 0 Å². The fraction of sp³-hybridized carbons (Fsp3) is 0.429. The van der Waals surface area contributed by atoms with E-state index in [0.717, 1.165) is 18.4 Å². The van der Waals surface area contributed by atoms with Gasteiger partial charge in [-0.05, 0) is 30.9 Å². The van der Waals surface area contributed by atoms with Crippen LogP contribution in [0.25, 0.3) is 0 Å². The standard InChI is InChI=1S/C14H13Cl2NO/c15-11-5-3-4-10(13(11)16)8-14(9-17)7-2-1-6-12(14)18/h3-5H,1-2,6-8H2. The molecule has 2 rings (SSSR count). The molecule has 1 saturated carbocycles. The molecule has 0 saturated heterocycles. The predicted molar refractivity (Wildman–Crippen MR) is 71.7 cm³/mol. The number of ketones is 1. The SMILES string of the molecule is N#CC1(Cc2cccc(Cl)c2Cl)CCCCC1=O. The monoisotopic (exact) mass is 281 g/mol. The first-order chi connectivity index (χ1) is 8.59. The van der Waals surface area contributed by atoms with Crippen molar-refractivity contribution in [2.45, 2.75) is 32.1 Å². The second kappa shape index (κ2) is 5.30. The lowest BCUT2D eigenvalue weighted by atomic mass is 9.70. The molecule has 0 bridgehead atoms. The Morgan fingerprint density at radius 1 is 1.33 bits per heavy atom. The van der Waals surface area contributed by atoms with E-state index in [9.17, 15) is 10.1 Å². The number of nitriles is 1. The van der Waals surface area contributed by atoms with Gasteiger partial charge in [-0.1, -0.05) is 41.8 Å². The number of carbonyl (C=O) groups excluding carboxylic acids is 1. The van der Waals surface area contributed by atoms with Gasteiger partial charge >= 0.3 is 0 Å². The molecule has 0 spiro atoms. The summed E-state index contributed by atoms with van der Waals surface area (Å²) in [4.78, 5) is 12.0. The van der Waals surface area contributed by atoms with Gasteiger partial charge in [0.1, 0.15) is 5.41 Å². The smallest absolute Gasteiger partial charge is 0.153 e. The summed E-state index contributed by atoms with van der Waals surface area (Å²) in [5.74, 6) is 0.0345. The lowest BCUT2D eigenvalue weighted by Gasteiger charge is -2.29. The maximum atomic E-state index is 12.0. The normalized spacial score (nSPS) is 23.7. The van der Waals surface area contributed by atoms with Crippen LogP contribution in [0.4, 0.5) is 0 Å². The number of Topliss-reactive ketones (excluding diaryl/α,β-unsaturated/α-hetero) is 1. The molecule has 0 amide bonds. The van der Waals surface area contributed by atoms with Crippen molar-refractivity contribution in [3.8, 4) is 6.07 Å². The minimum absolute atomic E-state index is 0.0345. The molecule has 4 heteroatoms. The molecule has 0 aromatic heterocycles. The number of hydrogen-bond donors (Lipinski definition) is 0. The van der Waals surface area contributed by atoms with Crippen LogP contribution in [0.1, 0.15) is 31.2 Å². The average Bonchev–Trinajstić information content (AvgIpc) is 2.38. The first-order valence-electron chi connectivity index (χ1n) is 5.96. The molecule has 94 valence electrons.